The van der Waals surface area contributed by atoms with E-state index in [0.717, 1.165) is 13.0 Å². The molecule has 1 aliphatic carbocycles. The van der Waals surface area contributed by atoms with Crippen LogP contribution in [0, 0.1) is 11.8 Å². The first-order chi connectivity index (χ1) is 9.17. The predicted molar refractivity (Wildman–Crippen MR) is 74.1 cm³/mol. The van der Waals surface area contributed by atoms with Gasteiger partial charge in [0.15, 0.2) is 0 Å². The summed E-state index contributed by atoms with van der Waals surface area (Å²) < 4.78 is 10.4. The van der Waals surface area contributed by atoms with Crippen molar-refractivity contribution in [3.05, 3.63) is 0 Å². The Morgan fingerprint density at radius 1 is 1.26 bits per heavy atom. The third kappa shape index (κ3) is 6.68. The van der Waals surface area contributed by atoms with E-state index in [4.69, 9.17) is 9.47 Å². The fraction of sp³-hybridized carbons (Fsp3) is 1.00. The lowest BCUT2D eigenvalue weighted by molar-refractivity contribution is -0.0312. The molecule has 0 aromatic rings. The van der Waals surface area contributed by atoms with Crippen LogP contribution < -0.4 is 5.32 Å². The van der Waals surface area contributed by atoms with E-state index in [1.165, 1.54) is 12.8 Å². The van der Waals surface area contributed by atoms with Gasteiger partial charge in [0, 0.05) is 20.3 Å². The van der Waals surface area contributed by atoms with E-state index in [1.54, 1.807) is 7.11 Å². The van der Waals surface area contributed by atoms with E-state index in [1.807, 2.05) is 6.92 Å². The van der Waals surface area contributed by atoms with Crippen LogP contribution in [0.5, 0.6) is 0 Å². The van der Waals surface area contributed by atoms with Crippen molar-refractivity contribution in [2.24, 2.45) is 11.8 Å². The summed E-state index contributed by atoms with van der Waals surface area (Å²) in [5, 5.41) is 22.3. The smallest absolute Gasteiger partial charge is 0.0897 e. The minimum absolute atomic E-state index is 0.00764. The van der Waals surface area contributed by atoms with Crippen molar-refractivity contribution in [2.75, 3.05) is 40.0 Å². The molecule has 4 unspecified atom stereocenters. The molecular weight excluding hydrogens is 246 g/mol. The molecule has 1 rings (SSSR count). The second-order valence-electron chi connectivity index (χ2n) is 5.55. The topological polar surface area (TPSA) is 71.0 Å². The van der Waals surface area contributed by atoms with E-state index >= 15 is 0 Å². The van der Waals surface area contributed by atoms with Crippen LogP contribution in [-0.4, -0.2) is 62.4 Å². The molecule has 0 spiro atoms. The maximum Gasteiger partial charge on any atom is 0.0897 e. The van der Waals surface area contributed by atoms with Crippen LogP contribution >= 0.6 is 0 Å². The Labute approximate surface area is 116 Å². The molecule has 3 N–H and O–H groups in total. The van der Waals surface area contributed by atoms with Crippen LogP contribution in [0.3, 0.4) is 0 Å². The van der Waals surface area contributed by atoms with Gasteiger partial charge in [-0.3, -0.25) is 0 Å². The second-order valence-corrected chi connectivity index (χ2v) is 5.55. The van der Waals surface area contributed by atoms with Gasteiger partial charge in [-0.15, -0.1) is 0 Å². The Morgan fingerprint density at radius 3 is 2.68 bits per heavy atom. The normalized spacial score (nSPS) is 26.5. The van der Waals surface area contributed by atoms with Gasteiger partial charge in [-0.25, -0.2) is 0 Å². The van der Waals surface area contributed by atoms with Crippen molar-refractivity contribution in [3.63, 3.8) is 0 Å². The summed E-state index contributed by atoms with van der Waals surface area (Å²) in [5.74, 6) is 0.980. The summed E-state index contributed by atoms with van der Waals surface area (Å²) in [4.78, 5) is 0. The molecule has 1 saturated carbocycles. The number of rotatable bonds is 10. The standard InChI is InChI=1S/C14H29NO4/c1-11(9-18-2)19-10-14(17)7-15-6-12-4-3-5-13(12)8-16/h11-17H,3-10H2,1-2H3. The van der Waals surface area contributed by atoms with Gasteiger partial charge >= 0.3 is 0 Å². The van der Waals surface area contributed by atoms with Gasteiger partial charge in [0.1, 0.15) is 0 Å². The highest BCUT2D eigenvalue weighted by molar-refractivity contribution is 4.78. The lowest BCUT2D eigenvalue weighted by atomic mass is 9.97. The Bertz CT molecular complexity index is 227. The number of aliphatic hydroxyl groups excluding tert-OH is 2. The van der Waals surface area contributed by atoms with Crippen molar-refractivity contribution in [1.29, 1.82) is 0 Å². The molecule has 5 heteroatoms. The van der Waals surface area contributed by atoms with Crippen LogP contribution in [0.15, 0.2) is 0 Å². The number of ether oxygens (including phenoxy) is 2. The maximum absolute atomic E-state index is 9.79. The molecule has 5 nitrogen and oxygen atoms in total. The first kappa shape index (κ1) is 16.9. The summed E-state index contributed by atoms with van der Waals surface area (Å²) >= 11 is 0. The third-order valence-electron chi connectivity index (χ3n) is 3.81. The summed E-state index contributed by atoms with van der Waals surface area (Å²) in [5.41, 5.74) is 0. The van der Waals surface area contributed by atoms with Crippen LogP contribution in [0.4, 0.5) is 0 Å². The summed E-state index contributed by atoms with van der Waals surface area (Å²) in [7, 11) is 1.64. The highest BCUT2D eigenvalue weighted by Gasteiger charge is 2.26. The Hall–Kier alpha value is -0.200. The Kier molecular flexibility index (Phi) is 8.57. The lowest BCUT2D eigenvalue weighted by Gasteiger charge is -2.20. The summed E-state index contributed by atoms with van der Waals surface area (Å²) in [6, 6.07) is 0. The molecule has 4 atom stereocenters. The average Bonchev–Trinajstić information content (AvgIpc) is 2.84. The van der Waals surface area contributed by atoms with Gasteiger partial charge in [0.2, 0.25) is 0 Å². The minimum atomic E-state index is -0.492. The fourth-order valence-electron chi connectivity index (χ4n) is 2.68. The lowest BCUT2D eigenvalue weighted by Crippen LogP contribution is -2.35. The van der Waals surface area contributed by atoms with Gasteiger partial charge in [-0.05, 0) is 38.1 Å². The van der Waals surface area contributed by atoms with E-state index < -0.39 is 6.10 Å². The molecule has 0 bridgehead atoms. The van der Waals surface area contributed by atoms with Crippen LogP contribution in [0.1, 0.15) is 26.2 Å². The first-order valence-corrected chi connectivity index (χ1v) is 7.27. The highest BCUT2D eigenvalue weighted by Crippen LogP contribution is 2.30. The zero-order valence-electron chi connectivity index (χ0n) is 12.2. The molecule has 1 fully saturated rings. The third-order valence-corrected chi connectivity index (χ3v) is 3.81. The van der Waals surface area contributed by atoms with Gasteiger partial charge in [0.25, 0.3) is 0 Å². The van der Waals surface area contributed by atoms with E-state index in [2.05, 4.69) is 5.32 Å². The molecule has 0 heterocycles. The average molecular weight is 275 g/mol. The van der Waals surface area contributed by atoms with Crippen molar-refractivity contribution in [2.45, 2.75) is 38.4 Å². The van der Waals surface area contributed by atoms with Crippen molar-refractivity contribution in [3.8, 4) is 0 Å². The Balaban J connectivity index is 2.05. The molecular formula is C14H29NO4. The minimum Gasteiger partial charge on any atom is -0.396 e. The summed E-state index contributed by atoms with van der Waals surface area (Å²) in [6.07, 6.45) is 3.03. The number of hydrogen-bond donors (Lipinski definition) is 3. The predicted octanol–water partition coefficient (Wildman–Crippen LogP) is 0.397. The number of hydrogen-bond acceptors (Lipinski definition) is 5. The fourth-order valence-corrected chi connectivity index (χ4v) is 2.68. The number of aliphatic hydroxyl groups is 2. The van der Waals surface area contributed by atoms with Gasteiger partial charge in [0.05, 0.1) is 25.4 Å². The SMILES string of the molecule is COCC(C)OCC(O)CNCC1CCCC1CO. The molecule has 1 aliphatic rings. The molecule has 0 saturated heterocycles. The monoisotopic (exact) mass is 275 g/mol. The summed E-state index contributed by atoms with van der Waals surface area (Å²) in [6.45, 7) is 4.48. The molecule has 114 valence electrons. The van der Waals surface area contributed by atoms with Crippen LogP contribution in [-0.2, 0) is 9.47 Å². The van der Waals surface area contributed by atoms with Crippen molar-refractivity contribution < 1.29 is 19.7 Å². The molecule has 0 amide bonds. The van der Waals surface area contributed by atoms with Crippen molar-refractivity contribution >= 4 is 0 Å². The zero-order chi connectivity index (χ0) is 14.1. The Morgan fingerprint density at radius 2 is 2.00 bits per heavy atom. The second kappa shape index (κ2) is 9.66. The quantitative estimate of drug-likeness (QED) is 0.538. The number of nitrogens with one attached hydrogen (secondary N) is 1. The number of methoxy groups -OCH3 is 1. The van der Waals surface area contributed by atoms with Gasteiger partial charge in [-0.2, -0.15) is 0 Å². The maximum atomic E-state index is 9.79. The zero-order valence-corrected chi connectivity index (χ0v) is 12.2. The first-order valence-electron chi connectivity index (χ1n) is 7.27. The van der Waals surface area contributed by atoms with Gasteiger partial charge in [-0.1, -0.05) is 6.42 Å². The highest BCUT2D eigenvalue weighted by atomic mass is 16.5. The van der Waals surface area contributed by atoms with Gasteiger partial charge < -0.3 is 25.0 Å². The van der Waals surface area contributed by atoms with Crippen molar-refractivity contribution in [1.82, 2.24) is 5.32 Å². The van der Waals surface area contributed by atoms with E-state index in [9.17, 15) is 10.2 Å². The molecule has 0 aromatic heterocycles. The molecule has 0 aliphatic heterocycles. The van der Waals surface area contributed by atoms with Crippen LogP contribution in [0.25, 0.3) is 0 Å². The molecule has 0 radical (unpaired) electrons. The van der Waals surface area contributed by atoms with Crippen LogP contribution in [0.2, 0.25) is 0 Å². The molecule has 0 aromatic carbocycles. The molecule has 19 heavy (non-hydrogen) atoms. The largest absolute Gasteiger partial charge is 0.396 e. The van der Waals surface area contributed by atoms with E-state index in [-0.39, 0.29) is 12.7 Å². The van der Waals surface area contributed by atoms with E-state index in [0.29, 0.717) is 31.6 Å².